The molecule has 1 aliphatic rings. The molecular weight excluding hydrogens is 226 g/mol. The summed E-state index contributed by atoms with van der Waals surface area (Å²) < 4.78 is 0. The summed E-state index contributed by atoms with van der Waals surface area (Å²) in [5, 5.41) is 2.97. The van der Waals surface area contributed by atoms with Crippen molar-refractivity contribution in [1.29, 1.82) is 0 Å². The van der Waals surface area contributed by atoms with E-state index in [1.807, 2.05) is 24.1 Å². The molecule has 4 heteroatoms. The third-order valence-electron chi connectivity index (χ3n) is 3.65. The summed E-state index contributed by atoms with van der Waals surface area (Å²) in [5.41, 5.74) is 0.530. The van der Waals surface area contributed by atoms with Gasteiger partial charge in [-0.1, -0.05) is 6.07 Å². The number of likely N-dealkylation sites (tertiary alicyclic amines) is 1. The number of nitrogens with one attached hydrogen (secondary N) is 1. The second kappa shape index (κ2) is 5.38. The first kappa shape index (κ1) is 12.9. The van der Waals surface area contributed by atoms with E-state index in [2.05, 4.69) is 24.1 Å². The van der Waals surface area contributed by atoms with Gasteiger partial charge in [-0.3, -0.25) is 4.79 Å². The molecule has 2 heterocycles. The first-order valence-corrected chi connectivity index (χ1v) is 6.61. The first-order chi connectivity index (χ1) is 8.63. The molecule has 1 fully saturated rings. The normalized spacial score (nSPS) is 23.8. The van der Waals surface area contributed by atoms with Crippen LogP contribution in [0.5, 0.6) is 0 Å². The van der Waals surface area contributed by atoms with Crippen molar-refractivity contribution in [1.82, 2.24) is 9.88 Å². The molecule has 18 heavy (non-hydrogen) atoms. The van der Waals surface area contributed by atoms with Crippen molar-refractivity contribution >= 4 is 11.7 Å². The molecule has 4 nitrogen and oxygen atoms in total. The number of pyridine rings is 1. The predicted molar refractivity (Wildman–Crippen MR) is 72.7 cm³/mol. The summed E-state index contributed by atoms with van der Waals surface area (Å²) in [6, 6.07) is 6.13. The van der Waals surface area contributed by atoms with Crippen molar-refractivity contribution in [3.8, 4) is 0 Å². The molecule has 0 radical (unpaired) electrons. The Morgan fingerprint density at radius 2 is 2.00 bits per heavy atom. The Balaban J connectivity index is 2.23. The third kappa shape index (κ3) is 2.47. The van der Waals surface area contributed by atoms with E-state index in [-0.39, 0.29) is 5.91 Å². The molecule has 1 aliphatic heterocycles. The van der Waals surface area contributed by atoms with Crippen molar-refractivity contribution in [3.05, 3.63) is 23.9 Å². The summed E-state index contributed by atoms with van der Waals surface area (Å²) in [4.78, 5) is 18.8. The van der Waals surface area contributed by atoms with E-state index in [0.717, 1.165) is 18.7 Å². The molecule has 2 rings (SSSR count). The Bertz CT molecular complexity index is 423. The monoisotopic (exact) mass is 247 g/mol. The maximum absolute atomic E-state index is 12.5. The molecule has 0 aliphatic carbocycles. The number of piperidine rings is 1. The average Bonchev–Trinajstić information content (AvgIpc) is 2.38. The average molecular weight is 247 g/mol. The van der Waals surface area contributed by atoms with Gasteiger partial charge in [-0.15, -0.1) is 0 Å². The smallest absolute Gasteiger partial charge is 0.273 e. The van der Waals surface area contributed by atoms with Crippen LogP contribution in [0.4, 0.5) is 5.82 Å². The van der Waals surface area contributed by atoms with E-state index in [9.17, 15) is 4.79 Å². The van der Waals surface area contributed by atoms with Gasteiger partial charge in [0.2, 0.25) is 0 Å². The van der Waals surface area contributed by atoms with Crippen LogP contribution in [-0.2, 0) is 0 Å². The zero-order chi connectivity index (χ0) is 13.1. The Kier molecular flexibility index (Phi) is 3.84. The van der Waals surface area contributed by atoms with Gasteiger partial charge in [0.05, 0.1) is 0 Å². The molecule has 2 atom stereocenters. The van der Waals surface area contributed by atoms with Gasteiger partial charge >= 0.3 is 0 Å². The number of amides is 1. The van der Waals surface area contributed by atoms with Gasteiger partial charge < -0.3 is 10.2 Å². The van der Waals surface area contributed by atoms with Crippen molar-refractivity contribution in [2.24, 2.45) is 0 Å². The quantitative estimate of drug-likeness (QED) is 0.873. The van der Waals surface area contributed by atoms with Crippen molar-refractivity contribution in [2.75, 3.05) is 12.4 Å². The van der Waals surface area contributed by atoms with Crippen LogP contribution in [0.1, 0.15) is 43.6 Å². The lowest BCUT2D eigenvalue weighted by Gasteiger charge is -2.38. The molecule has 98 valence electrons. The second-order valence-electron chi connectivity index (χ2n) is 5.00. The molecule has 0 aromatic carbocycles. The topological polar surface area (TPSA) is 45.2 Å². The van der Waals surface area contributed by atoms with Crippen LogP contribution in [0.3, 0.4) is 0 Å². The summed E-state index contributed by atoms with van der Waals surface area (Å²) in [6.45, 7) is 4.24. The van der Waals surface area contributed by atoms with Crippen LogP contribution in [0.15, 0.2) is 18.2 Å². The number of hydrogen-bond donors (Lipinski definition) is 1. The van der Waals surface area contributed by atoms with E-state index in [1.54, 1.807) is 6.07 Å². The number of carbonyl (C=O) groups excluding carboxylic acids is 1. The summed E-state index contributed by atoms with van der Waals surface area (Å²) in [5.74, 6) is 0.782. The molecule has 0 unspecified atom stereocenters. The van der Waals surface area contributed by atoms with Crippen molar-refractivity contribution < 1.29 is 4.79 Å². The number of aromatic nitrogens is 1. The lowest BCUT2D eigenvalue weighted by atomic mass is 9.97. The zero-order valence-electron chi connectivity index (χ0n) is 11.3. The van der Waals surface area contributed by atoms with Gasteiger partial charge in [0.25, 0.3) is 5.91 Å². The van der Waals surface area contributed by atoms with Gasteiger partial charge in [-0.05, 0) is 45.2 Å². The molecule has 0 bridgehead atoms. The summed E-state index contributed by atoms with van der Waals surface area (Å²) in [7, 11) is 1.81. The maximum atomic E-state index is 12.5. The highest BCUT2D eigenvalue weighted by molar-refractivity contribution is 5.93. The number of anilines is 1. The van der Waals surface area contributed by atoms with Crippen LogP contribution < -0.4 is 5.32 Å². The second-order valence-corrected chi connectivity index (χ2v) is 5.00. The molecule has 1 saturated heterocycles. The highest BCUT2D eigenvalue weighted by atomic mass is 16.2. The molecule has 1 aromatic rings. The van der Waals surface area contributed by atoms with Gasteiger partial charge in [-0.2, -0.15) is 0 Å². The standard InChI is InChI=1S/C14H21N3O/c1-10-6-4-7-11(2)17(10)14(18)12-8-5-9-13(15-3)16-12/h5,8-11H,4,6-7H2,1-3H3,(H,15,16)/t10-,11+. The number of rotatable bonds is 2. The molecule has 1 amide bonds. The summed E-state index contributed by atoms with van der Waals surface area (Å²) in [6.07, 6.45) is 3.37. The van der Waals surface area contributed by atoms with Crippen LogP contribution in [-0.4, -0.2) is 34.9 Å². The highest BCUT2D eigenvalue weighted by Crippen LogP contribution is 2.24. The van der Waals surface area contributed by atoms with Gasteiger partial charge in [0.15, 0.2) is 0 Å². The highest BCUT2D eigenvalue weighted by Gasteiger charge is 2.30. The Hall–Kier alpha value is -1.58. The van der Waals surface area contributed by atoms with Crippen LogP contribution in [0, 0.1) is 0 Å². The largest absolute Gasteiger partial charge is 0.373 e. The molecule has 0 spiro atoms. The number of carbonyl (C=O) groups is 1. The fraction of sp³-hybridized carbons (Fsp3) is 0.571. The van der Waals surface area contributed by atoms with Gasteiger partial charge in [0, 0.05) is 19.1 Å². The zero-order valence-corrected chi connectivity index (χ0v) is 11.3. The van der Waals surface area contributed by atoms with Crippen LogP contribution >= 0.6 is 0 Å². The number of nitrogens with zero attached hydrogens (tertiary/aromatic N) is 2. The van der Waals surface area contributed by atoms with E-state index >= 15 is 0 Å². The Morgan fingerprint density at radius 3 is 2.61 bits per heavy atom. The SMILES string of the molecule is CNc1cccc(C(=O)N2[C@H](C)CCC[C@@H]2C)n1. The minimum Gasteiger partial charge on any atom is -0.373 e. The lowest BCUT2D eigenvalue weighted by Crippen LogP contribution is -2.47. The fourth-order valence-electron chi connectivity index (χ4n) is 2.65. The lowest BCUT2D eigenvalue weighted by molar-refractivity contribution is 0.0505. The van der Waals surface area contributed by atoms with E-state index in [1.165, 1.54) is 6.42 Å². The first-order valence-electron chi connectivity index (χ1n) is 6.61. The minimum absolute atomic E-state index is 0.0480. The maximum Gasteiger partial charge on any atom is 0.273 e. The molecule has 1 N–H and O–H groups in total. The van der Waals surface area contributed by atoms with Crippen molar-refractivity contribution in [3.63, 3.8) is 0 Å². The van der Waals surface area contributed by atoms with Crippen LogP contribution in [0.2, 0.25) is 0 Å². The molecule has 0 saturated carbocycles. The fourth-order valence-corrected chi connectivity index (χ4v) is 2.65. The van der Waals surface area contributed by atoms with Gasteiger partial charge in [0.1, 0.15) is 11.5 Å². The summed E-state index contributed by atoms with van der Waals surface area (Å²) >= 11 is 0. The third-order valence-corrected chi connectivity index (χ3v) is 3.65. The van der Waals surface area contributed by atoms with Crippen LogP contribution in [0.25, 0.3) is 0 Å². The minimum atomic E-state index is 0.0480. The van der Waals surface area contributed by atoms with E-state index < -0.39 is 0 Å². The van der Waals surface area contributed by atoms with E-state index in [0.29, 0.717) is 17.8 Å². The predicted octanol–water partition coefficient (Wildman–Crippen LogP) is 2.53. The van der Waals surface area contributed by atoms with Gasteiger partial charge in [-0.25, -0.2) is 4.98 Å². The number of hydrogen-bond acceptors (Lipinski definition) is 3. The Morgan fingerprint density at radius 1 is 1.33 bits per heavy atom. The van der Waals surface area contributed by atoms with Crippen molar-refractivity contribution in [2.45, 2.75) is 45.2 Å². The van der Waals surface area contributed by atoms with E-state index in [4.69, 9.17) is 0 Å². The Labute approximate surface area is 108 Å². The molecule has 1 aromatic heterocycles. The molecular formula is C14H21N3O.